The van der Waals surface area contributed by atoms with E-state index in [0.29, 0.717) is 11.0 Å². The average Bonchev–Trinajstić information content (AvgIpc) is 3.21. The lowest BCUT2D eigenvalue weighted by Gasteiger charge is -2.20. The van der Waals surface area contributed by atoms with Gasteiger partial charge in [-0.05, 0) is 12.1 Å². The summed E-state index contributed by atoms with van der Waals surface area (Å²) in [7, 11) is 4.97. The number of imidazole rings is 1. The molecule has 0 saturated heterocycles. The quantitative estimate of drug-likeness (QED) is 0.367. The van der Waals surface area contributed by atoms with Gasteiger partial charge in [-0.15, -0.1) is 0 Å². The van der Waals surface area contributed by atoms with Crippen LogP contribution in [0, 0.1) is 0 Å². The molecule has 3 heterocycles. The van der Waals surface area contributed by atoms with Crippen molar-refractivity contribution in [3.05, 3.63) is 82.9 Å². The second-order valence-electron chi connectivity index (χ2n) is 7.46. The zero-order chi connectivity index (χ0) is 23.5. The summed E-state index contributed by atoms with van der Waals surface area (Å²) in [4.78, 5) is 58.2. The van der Waals surface area contributed by atoms with Crippen molar-refractivity contribution in [2.45, 2.75) is 5.92 Å². The van der Waals surface area contributed by atoms with Crippen molar-refractivity contribution in [2.75, 3.05) is 0 Å². The lowest BCUT2D eigenvalue weighted by Crippen LogP contribution is -2.43. The van der Waals surface area contributed by atoms with Crippen molar-refractivity contribution < 1.29 is 10.2 Å². The predicted molar refractivity (Wildman–Crippen MR) is 114 cm³/mol. The van der Waals surface area contributed by atoms with E-state index < -0.39 is 40.2 Å². The standard InChI is InChI=1S/C20H20N6O6/c1-23-15(27)12(16(28)24(2)19(23)31)11(14-21-9-7-5-6-8-10(9)22-14)13-17(29)25(3)20(32)26(4)18(13)30/h5-8,11,27,29H,1-4H3,(H,21,22). The van der Waals surface area contributed by atoms with Crippen LogP contribution in [0.25, 0.3) is 11.0 Å². The maximum Gasteiger partial charge on any atom is 0.333 e. The molecular formula is C20H20N6O6. The summed E-state index contributed by atoms with van der Waals surface area (Å²) in [5.74, 6) is -2.75. The van der Waals surface area contributed by atoms with Gasteiger partial charge >= 0.3 is 11.4 Å². The third kappa shape index (κ3) is 2.80. The Kier molecular flexibility index (Phi) is 4.65. The monoisotopic (exact) mass is 440 g/mol. The number of hydrogen-bond donors (Lipinski definition) is 3. The molecule has 1 aromatic carbocycles. The highest BCUT2D eigenvalue weighted by Crippen LogP contribution is 2.35. The van der Waals surface area contributed by atoms with Gasteiger partial charge in [0, 0.05) is 28.2 Å². The first kappa shape index (κ1) is 20.9. The molecule has 4 rings (SSSR count). The van der Waals surface area contributed by atoms with Crippen molar-refractivity contribution in [2.24, 2.45) is 28.2 Å². The van der Waals surface area contributed by atoms with Crippen LogP contribution < -0.4 is 22.5 Å². The SMILES string of the molecule is Cn1c(O)c(C(c2nc3ccccc3[nH]2)c2c(O)n(C)c(=O)n(C)c2=O)c(=O)n(C)c1=O. The topological polar surface area (TPSA) is 157 Å². The molecule has 3 aromatic heterocycles. The molecule has 0 radical (unpaired) electrons. The van der Waals surface area contributed by atoms with E-state index in [4.69, 9.17) is 0 Å². The number of aromatic hydroxyl groups is 2. The van der Waals surface area contributed by atoms with Crippen molar-refractivity contribution in [1.29, 1.82) is 0 Å². The Morgan fingerprint density at radius 2 is 1.25 bits per heavy atom. The van der Waals surface area contributed by atoms with Crippen LogP contribution in [0.1, 0.15) is 22.9 Å². The van der Waals surface area contributed by atoms with Gasteiger partial charge in [0.1, 0.15) is 5.82 Å². The van der Waals surface area contributed by atoms with Crippen LogP contribution in [0.3, 0.4) is 0 Å². The number of aromatic amines is 1. The number of para-hydroxylation sites is 2. The van der Waals surface area contributed by atoms with E-state index in [1.54, 1.807) is 24.3 Å². The third-order valence-corrected chi connectivity index (χ3v) is 5.59. The molecule has 12 heteroatoms. The third-order valence-electron chi connectivity index (χ3n) is 5.59. The van der Waals surface area contributed by atoms with Gasteiger partial charge in [-0.25, -0.2) is 14.6 Å². The van der Waals surface area contributed by atoms with E-state index >= 15 is 0 Å². The van der Waals surface area contributed by atoms with E-state index in [-0.39, 0.29) is 17.0 Å². The lowest BCUT2D eigenvalue weighted by molar-refractivity contribution is 0.390. The summed E-state index contributed by atoms with van der Waals surface area (Å²) >= 11 is 0. The Labute approximate surface area is 178 Å². The van der Waals surface area contributed by atoms with Crippen LogP contribution in [0.5, 0.6) is 11.8 Å². The molecule has 0 aliphatic carbocycles. The Hall–Kier alpha value is -4.35. The number of fused-ring (bicyclic) bond motifs is 1. The van der Waals surface area contributed by atoms with Gasteiger partial charge in [0.2, 0.25) is 11.8 Å². The van der Waals surface area contributed by atoms with Gasteiger partial charge in [-0.1, -0.05) is 12.1 Å². The maximum absolute atomic E-state index is 13.1. The second-order valence-corrected chi connectivity index (χ2v) is 7.46. The molecule has 0 amide bonds. The second kappa shape index (κ2) is 7.11. The molecule has 0 aliphatic heterocycles. The normalized spacial score (nSPS) is 11.5. The van der Waals surface area contributed by atoms with E-state index in [9.17, 15) is 29.4 Å². The number of benzene rings is 1. The molecule has 4 aromatic rings. The molecule has 0 aliphatic rings. The smallest absolute Gasteiger partial charge is 0.333 e. The van der Waals surface area contributed by atoms with Crippen LogP contribution >= 0.6 is 0 Å². The number of nitrogens with zero attached hydrogens (tertiary/aromatic N) is 5. The molecule has 12 nitrogen and oxygen atoms in total. The minimum Gasteiger partial charge on any atom is -0.494 e. The fraction of sp³-hybridized carbons (Fsp3) is 0.250. The Bertz CT molecular complexity index is 1520. The van der Waals surface area contributed by atoms with E-state index in [1.165, 1.54) is 28.2 Å². The van der Waals surface area contributed by atoms with E-state index in [1.807, 2.05) is 0 Å². The summed E-state index contributed by atoms with van der Waals surface area (Å²) in [6.45, 7) is 0. The number of rotatable bonds is 3. The number of H-pyrrole nitrogens is 1. The highest BCUT2D eigenvalue weighted by atomic mass is 16.3. The summed E-state index contributed by atoms with van der Waals surface area (Å²) in [6, 6.07) is 6.92. The summed E-state index contributed by atoms with van der Waals surface area (Å²) < 4.78 is 3.23. The largest absolute Gasteiger partial charge is 0.494 e. The first-order valence-electron chi connectivity index (χ1n) is 9.48. The van der Waals surface area contributed by atoms with Crippen LogP contribution in [-0.2, 0) is 28.2 Å². The van der Waals surface area contributed by atoms with Gasteiger partial charge in [-0.3, -0.25) is 27.9 Å². The molecule has 0 unspecified atom stereocenters. The highest BCUT2D eigenvalue weighted by Gasteiger charge is 2.35. The summed E-state index contributed by atoms with van der Waals surface area (Å²) in [5, 5.41) is 21.6. The number of aromatic nitrogens is 6. The van der Waals surface area contributed by atoms with Crippen LogP contribution in [0.2, 0.25) is 0 Å². The summed E-state index contributed by atoms with van der Waals surface area (Å²) in [6.07, 6.45) is 0. The molecule has 0 bridgehead atoms. The van der Waals surface area contributed by atoms with Crippen molar-refractivity contribution in [3.63, 3.8) is 0 Å². The lowest BCUT2D eigenvalue weighted by atomic mass is 9.92. The maximum atomic E-state index is 13.1. The first-order valence-corrected chi connectivity index (χ1v) is 9.48. The van der Waals surface area contributed by atoms with Crippen LogP contribution in [0.15, 0.2) is 43.4 Å². The number of nitrogens with one attached hydrogen (secondary N) is 1. The molecule has 3 N–H and O–H groups in total. The Morgan fingerprint density at radius 3 is 1.72 bits per heavy atom. The minimum absolute atomic E-state index is 0.0586. The van der Waals surface area contributed by atoms with Gasteiger partial charge in [0.15, 0.2) is 0 Å². The van der Waals surface area contributed by atoms with Crippen LogP contribution in [0.4, 0.5) is 0 Å². The van der Waals surface area contributed by atoms with Crippen molar-refractivity contribution >= 4 is 11.0 Å². The average molecular weight is 440 g/mol. The molecule has 0 fully saturated rings. The van der Waals surface area contributed by atoms with Crippen molar-refractivity contribution in [3.8, 4) is 11.8 Å². The summed E-state index contributed by atoms with van der Waals surface area (Å²) in [5.41, 5.74) is -2.96. The Balaban J connectivity index is 2.22. The van der Waals surface area contributed by atoms with E-state index in [0.717, 1.165) is 18.3 Å². The molecule has 0 spiro atoms. The molecule has 0 saturated carbocycles. The van der Waals surface area contributed by atoms with Gasteiger partial charge in [0.25, 0.3) is 11.1 Å². The number of hydrogen-bond acceptors (Lipinski definition) is 7. The van der Waals surface area contributed by atoms with Crippen LogP contribution in [-0.4, -0.2) is 38.4 Å². The molecular weight excluding hydrogens is 420 g/mol. The zero-order valence-electron chi connectivity index (χ0n) is 17.7. The van der Waals surface area contributed by atoms with Gasteiger partial charge < -0.3 is 15.2 Å². The van der Waals surface area contributed by atoms with Gasteiger partial charge in [0.05, 0.1) is 28.1 Å². The first-order chi connectivity index (χ1) is 15.1. The highest BCUT2D eigenvalue weighted by molar-refractivity contribution is 5.75. The fourth-order valence-corrected chi connectivity index (χ4v) is 3.75. The fourth-order valence-electron chi connectivity index (χ4n) is 3.75. The zero-order valence-corrected chi connectivity index (χ0v) is 17.7. The minimum atomic E-state index is -1.42. The molecule has 0 atom stereocenters. The van der Waals surface area contributed by atoms with E-state index in [2.05, 4.69) is 9.97 Å². The Morgan fingerprint density at radius 1 is 0.781 bits per heavy atom. The molecule has 166 valence electrons. The van der Waals surface area contributed by atoms with Gasteiger partial charge in [-0.2, -0.15) is 0 Å². The predicted octanol–water partition coefficient (Wildman–Crippen LogP) is -1.05. The molecule has 32 heavy (non-hydrogen) atoms. The van der Waals surface area contributed by atoms with Crippen molar-refractivity contribution in [1.82, 2.24) is 28.2 Å².